The standard InChI is InChI=1S/C19H19ClF4N4O/c20-16-14(6-9-26-17(16)28(25)15(29)12-19(22,23)24)27-10-7-18(21,8-11-27)13-4-2-1-3-5-13/h1-6,9H,7-8,10-12,25H2. The van der Waals surface area contributed by atoms with Crippen LogP contribution in [0.1, 0.15) is 24.8 Å². The van der Waals surface area contributed by atoms with Gasteiger partial charge in [0.25, 0.3) is 5.91 Å². The highest BCUT2D eigenvalue weighted by Crippen LogP contribution is 2.40. The number of amides is 1. The first-order valence-corrected chi connectivity index (χ1v) is 9.27. The number of pyridine rings is 1. The fourth-order valence-corrected chi connectivity index (χ4v) is 3.66. The van der Waals surface area contributed by atoms with E-state index < -0.39 is 24.2 Å². The lowest BCUT2D eigenvalue weighted by atomic mass is 9.86. The molecule has 1 aliphatic rings. The highest BCUT2D eigenvalue weighted by Gasteiger charge is 2.37. The number of piperidine rings is 1. The predicted molar refractivity (Wildman–Crippen MR) is 102 cm³/mol. The van der Waals surface area contributed by atoms with Crippen molar-refractivity contribution in [1.29, 1.82) is 0 Å². The van der Waals surface area contributed by atoms with E-state index in [1.807, 2.05) is 6.07 Å². The molecule has 0 bridgehead atoms. The van der Waals surface area contributed by atoms with E-state index in [2.05, 4.69) is 4.98 Å². The first kappa shape index (κ1) is 21.3. The molecule has 1 aromatic heterocycles. The molecule has 156 valence electrons. The third-order valence-electron chi connectivity index (χ3n) is 4.89. The summed E-state index contributed by atoms with van der Waals surface area (Å²) in [6.45, 7) is 0.658. The van der Waals surface area contributed by atoms with Crippen molar-refractivity contribution >= 4 is 29.0 Å². The van der Waals surface area contributed by atoms with E-state index in [1.54, 1.807) is 35.2 Å². The van der Waals surface area contributed by atoms with Crippen molar-refractivity contribution in [1.82, 2.24) is 4.98 Å². The number of nitrogens with zero attached hydrogens (tertiary/aromatic N) is 3. The van der Waals surface area contributed by atoms with Gasteiger partial charge in [0.05, 0.1) is 5.69 Å². The van der Waals surface area contributed by atoms with Crippen LogP contribution >= 0.6 is 11.6 Å². The minimum atomic E-state index is -4.70. The number of alkyl halides is 4. The second-order valence-electron chi connectivity index (χ2n) is 6.84. The van der Waals surface area contributed by atoms with Crippen molar-refractivity contribution in [2.45, 2.75) is 31.1 Å². The normalized spacial score (nSPS) is 16.6. The average Bonchev–Trinajstić information content (AvgIpc) is 2.68. The van der Waals surface area contributed by atoms with Crippen LogP contribution in [0, 0.1) is 0 Å². The van der Waals surface area contributed by atoms with Crippen LogP contribution in [0.4, 0.5) is 29.1 Å². The first-order chi connectivity index (χ1) is 13.6. The van der Waals surface area contributed by atoms with Gasteiger partial charge in [0, 0.05) is 32.1 Å². The van der Waals surface area contributed by atoms with Crippen molar-refractivity contribution in [3.05, 3.63) is 53.2 Å². The zero-order chi connectivity index (χ0) is 21.2. The maximum absolute atomic E-state index is 15.3. The minimum absolute atomic E-state index is 0.0587. The molecule has 10 heteroatoms. The Bertz CT molecular complexity index is 870. The van der Waals surface area contributed by atoms with E-state index in [0.717, 1.165) is 0 Å². The smallest absolute Gasteiger partial charge is 0.370 e. The molecule has 29 heavy (non-hydrogen) atoms. The zero-order valence-corrected chi connectivity index (χ0v) is 16.0. The van der Waals surface area contributed by atoms with Crippen LogP contribution in [0.3, 0.4) is 0 Å². The summed E-state index contributed by atoms with van der Waals surface area (Å²) in [5.41, 5.74) is -0.433. The molecule has 0 atom stereocenters. The van der Waals surface area contributed by atoms with Crippen LogP contribution in [0.2, 0.25) is 5.02 Å². The molecule has 2 aromatic rings. The molecule has 1 aromatic carbocycles. The van der Waals surface area contributed by atoms with E-state index in [0.29, 0.717) is 29.3 Å². The molecule has 1 saturated heterocycles. The van der Waals surface area contributed by atoms with Gasteiger partial charge in [-0.2, -0.15) is 13.2 Å². The van der Waals surface area contributed by atoms with Crippen molar-refractivity contribution in [3.8, 4) is 0 Å². The molecule has 0 spiro atoms. The van der Waals surface area contributed by atoms with Gasteiger partial charge in [0.2, 0.25) is 0 Å². The van der Waals surface area contributed by atoms with Gasteiger partial charge in [-0.15, -0.1) is 0 Å². The molecule has 2 heterocycles. The third kappa shape index (κ3) is 4.79. The fraction of sp³-hybridized carbons (Fsp3) is 0.368. The molecule has 0 unspecified atom stereocenters. The monoisotopic (exact) mass is 430 g/mol. The summed E-state index contributed by atoms with van der Waals surface area (Å²) < 4.78 is 52.7. The van der Waals surface area contributed by atoms with Crippen LogP contribution in [0.15, 0.2) is 42.6 Å². The molecule has 1 aliphatic heterocycles. The number of carbonyl (C=O) groups is 1. The van der Waals surface area contributed by atoms with E-state index >= 15 is 4.39 Å². The van der Waals surface area contributed by atoms with Gasteiger partial charge in [-0.25, -0.2) is 20.2 Å². The number of hydrazine groups is 1. The SMILES string of the molecule is NN(C(=O)CC(F)(F)F)c1nccc(N2CCC(F)(c3ccccc3)CC2)c1Cl. The lowest BCUT2D eigenvalue weighted by Crippen LogP contribution is -2.42. The number of halogens is 5. The maximum atomic E-state index is 15.3. The Morgan fingerprint density at radius 1 is 1.21 bits per heavy atom. The van der Waals surface area contributed by atoms with Gasteiger partial charge in [0.15, 0.2) is 5.82 Å². The van der Waals surface area contributed by atoms with Crippen LogP contribution in [-0.2, 0) is 10.5 Å². The van der Waals surface area contributed by atoms with E-state index in [9.17, 15) is 18.0 Å². The summed E-state index contributed by atoms with van der Waals surface area (Å²) in [6, 6.07) is 10.4. The fourth-order valence-electron chi connectivity index (χ4n) is 3.34. The van der Waals surface area contributed by atoms with Crippen molar-refractivity contribution in [3.63, 3.8) is 0 Å². The minimum Gasteiger partial charge on any atom is -0.370 e. The number of hydrogen-bond donors (Lipinski definition) is 1. The molecule has 0 radical (unpaired) electrons. The van der Waals surface area contributed by atoms with Gasteiger partial charge < -0.3 is 4.90 Å². The topological polar surface area (TPSA) is 62.5 Å². The Balaban J connectivity index is 1.76. The number of hydrogen-bond acceptors (Lipinski definition) is 4. The molecule has 0 saturated carbocycles. The number of anilines is 2. The molecule has 1 fully saturated rings. The van der Waals surface area contributed by atoms with Gasteiger partial charge in [-0.05, 0) is 11.6 Å². The van der Waals surface area contributed by atoms with Crippen LogP contribution in [0.5, 0.6) is 0 Å². The van der Waals surface area contributed by atoms with E-state index in [1.165, 1.54) is 6.20 Å². The van der Waals surface area contributed by atoms with Gasteiger partial charge in [-0.3, -0.25) is 4.79 Å². The molecule has 3 rings (SSSR count). The Hall–Kier alpha value is -2.39. The summed E-state index contributed by atoms with van der Waals surface area (Å²) in [5.74, 6) is 3.86. The highest BCUT2D eigenvalue weighted by molar-refractivity contribution is 6.36. The maximum Gasteiger partial charge on any atom is 0.397 e. The Morgan fingerprint density at radius 2 is 1.83 bits per heavy atom. The van der Waals surface area contributed by atoms with Gasteiger partial charge in [0.1, 0.15) is 17.1 Å². The second kappa shape index (κ2) is 8.16. The van der Waals surface area contributed by atoms with Gasteiger partial charge in [-0.1, -0.05) is 41.9 Å². The Morgan fingerprint density at radius 3 is 2.41 bits per heavy atom. The first-order valence-electron chi connectivity index (χ1n) is 8.89. The lowest BCUT2D eigenvalue weighted by molar-refractivity contribution is -0.152. The quantitative estimate of drug-likeness (QED) is 0.339. The largest absolute Gasteiger partial charge is 0.397 e. The average molecular weight is 431 g/mol. The number of carbonyl (C=O) groups excluding carboxylic acids is 1. The zero-order valence-electron chi connectivity index (χ0n) is 15.3. The summed E-state index contributed by atoms with van der Waals surface area (Å²) >= 11 is 6.29. The Kier molecular flexibility index (Phi) is 6.00. The van der Waals surface area contributed by atoms with Crippen molar-refractivity contribution in [2.24, 2.45) is 5.84 Å². The molecule has 2 N–H and O–H groups in total. The summed E-state index contributed by atoms with van der Waals surface area (Å²) in [4.78, 5) is 17.4. The molecule has 5 nitrogen and oxygen atoms in total. The van der Waals surface area contributed by atoms with E-state index in [-0.39, 0.29) is 23.7 Å². The van der Waals surface area contributed by atoms with Crippen molar-refractivity contribution < 1.29 is 22.4 Å². The molecular weight excluding hydrogens is 412 g/mol. The second-order valence-corrected chi connectivity index (χ2v) is 7.22. The summed E-state index contributed by atoms with van der Waals surface area (Å²) in [5, 5.41) is 0.240. The molecule has 0 aliphatic carbocycles. The van der Waals surface area contributed by atoms with Crippen LogP contribution in [-0.4, -0.2) is 30.2 Å². The third-order valence-corrected chi connectivity index (χ3v) is 5.25. The predicted octanol–water partition coefficient (Wildman–Crippen LogP) is 4.36. The number of aromatic nitrogens is 1. The van der Waals surface area contributed by atoms with Crippen LogP contribution in [0.25, 0.3) is 0 Å². The number of nitrogens with two attached hydrogens (primary N) is 1. The summed E-state index contributed by atoms with van der Waals surface area (Å²) in [7, 11) is 0. The highest BCUT2D eigenvalue weighted by atomic mass is 35.5. The Labute approximate surface area is 170 Å². The molecule has 1 amide bonds. The number of benzene rings is 1. The number of rotatable bonds is 4. The van der Waals surface area contributed by atoms with Crippen LogP contribution < -0.4 is 15.8 Å². The lowest BCUT2D eigenvalue weighted by Gasteiger charge is -2.38. The van der Waals surface area contributed by atoms with Gasteiger partial charge >= 0.3 is 6.18 Å². The summed E-state index contributed by atoms with van der Waals surface area (Å²) in [6.07, 6.45) is -4.70. The van der Waals surface area contributed by atoms with E-state index in [4.69, 9.17) is 17.4 Å². The van der Waals surface area contributed by atoms with Crippen molar-refractivity contribution in [2.75, 3.05) is 23.0 Å². The molecular formula is C19H19ClF4N4O.